The number of carbonyl (C=O) groups is 2. The van der Waals surface area contributed by atoms with Crippen molar-refractivity contribution in [2.75, 3.05) is 44.7 Å². The van der Waals surface area contributed by atoms with Crippen LogP contribution in [0.1, 0.15) is 23.2 Å². The molecule has 7 nitrogen and oxygen atoms in total. The third kappa shape index (κ3) is 4.84. The van der Waals surface area contributed by atoms with E-state index in [-0.39, 0.29) is 18.0 Å². The maximum absolute atomic E-state index is 12.6. The zero-order valence-corrected chi connectivity index (χ0v) is 14.8. The number of halogens is 1. The predicted molar refractivity (Wildman–Crippen MR) is 96.2 cm³/mol. The van der Waals surface area contributed by atoms with Crippen molar-refractivity contribution >= 4 is 29.2 Å². The van der Waals surface area contributed by atoms with Gasteiger partial charge in [-0.1, -0.05) is 11.6 Å². The standard InChI is InChI=1S/C17H23ClN4O3/c18-14-4-3-12(16(23)22-6-8-25-9-7-22)10-15(14)21-17(24)20-13-2-1-5-19-11-13/h3-4,10,13,19H,1-2,5-9,11H2,(H2,20,21,24)/t13-/m1/s1. The van der Waals surface area contributed by atoms with Crippen molar-refractivity contribution in [2.45, 2.75) is 18.9 Å². The summed E-state index contributed by atoms with van der Waals surface area (Å²) < 4.78 is 5.27. The highest BCUT2D eigenvalue weighted by atomic mass is 35.5. The summed E-state index contributed by atoms with van der Waals surface area (Å²) in [5.74, 6) is -0.0834. The minimum absolute atomic E-state index is 0.0834. The Hall–Kier alpha value is -1.83. The zero-order chi connectivity index (χ0) is 17.6. The number of nitrogens with one attached hydrogen (secondary N) is 3. The molecule has 25 heavy (non-hydrogen) atoms. The second-order valence-corrected chi connectivity index (χ2v) is 6.65. The summed E-state index contributed by atoms with van der Waals surface area (Å²) in [6.07, 6.45) is 1.99. The molecule has 3 rings (SSSR count). The summed E-state index contributed by atoms with van der Waals surface area (Å²) in [5, 5.41) is 9.32. The number of carbonyl (C=O) groups excluding carboxylic acids is 2. The smallest absolute Gasteiger partial charge is 0.319 e. The number of rotatable bonds is 3. The molecule has 0 radical (unpaired) electrons. The van der Waals surface area contributed by atoms with Gasteiger partial charge in [0.1, 0.15) is 0 Å². The van der Waals surface area contributed by atoms with E-state index in [2.05, 4.69) is 16.0 Å². The van der Waals surface area contributed by atoms with Gasteiger partial charge in [-0.15, -0.1) is 0 Å². The number of ether oxygens (including phenoxy) is 1. The molecule has 1 atom stereocenters. The molecule has 2 heterocycles. The number of piperidine rings is 1. The van der Waals surface area contributed by atoms with Crippen LogP contribution in [0.5, 0.6) is 0 Å². The molecule has 0 aliphatic carbocycles. The first-order valence-electron chi connectivity index (χ1n) is 8.58. The SMILES string of the molecule is O=C(Nc1cc(C(=O)N2CCOCC2)ccc1Cl)N[C@@H]1CCCNC1. The van der Waals surface area contributed by atoms with Crippen LogP contribution >= 0.6 is 11.6 Å². The molecule has 0 bridgehead atoms. The van der Waals surface area contributed by atoms with Gasteiger partial charge in [0.2, 0.25) is 0 Å². The Labute approximate surface area is 152 Å². The van der Waals surface area contributed by atoms with E-state index in [0.717, 1.165) is 25.9 Å². The Morgan fingerprint density at radius 3 is 2.80 bits per heavy atom. The van der Waals surface area contributed by atoms with E-state index in [4.69, 9.17) is 16.3 Å². The number of nitrogens with zero attached hydrogens (tertiary/aromatic N) is 1. The number of anilines is 1. The van der Waals surface area contributed by atoms with Crippen molar-refractivity contribution in [1.29, 1.82) is 0 Å². The molecule has 2 aliphatic heterocycles. The summed E-state index contributed by atoms with van der Waals surface area (Å²) >= 11 is 6.17. The fourth-order valence-electron chi connectivity index (χ4n) is 3.02. The number of urea groups is 1. The van der Waals surface area contributed by atoms with E-state index in [1.807, 2.05) is 0 Å². The molecule has 2 aliphatic rings. The minimum atomic E-state index is -0.313. The zero-order valence-electron chi connectivity index (χ0n) is 14.0. The highest BCUT2D eigenvalue weighted by Gasteiger charge is 2.20. The van der Waals surface area contributed by atoms with Crippen LogP contribution in [-0.4, -0.2) is 62.3 Å². The topological polar surface area (TPSA) is 82.7 Å². The first kappa shape index (κ1) is 18.0. The fraction of sp³-hybridized carbons (Fsp3) is 0.529. The lowest BCUT2D eigenvalue weighted by molar-refractivity contribution is 0.0303. The van der Waals surface area contributed by atoms with Crippen molar-refractivity contribution in [3.63, 3.8) is 0 Å². The molecule has 0 unspecified atom stereocenters. The van der Waals surface area contributed by atoms with Gasteiger partial charge in [-0.05, 0) is 37.6 Å². The minimum Gasteiger partial charge on any atom is -0.378 e. The van der Waals surface area contributed by atoms with Crippen molar-refractivity contribution in [3.05, 3.63) is 28.8 Å². The summed E-state index contributed by atoms with van der Waals surface area (Å²) in [7, 11) is 0. The number of benzene rings is 1. The number of hydrogen-bond donors (Lipinski definition) is 3. The fourth-order valence-corrected chi connectivity index (χ4v) is 3.19. The first-order chi connectivity index (χ1) is 12.1. The average Bonchev–Trinajstić information content (AvgIpc) is 2.64. The summed E-state index contributed by atoms with van der Waals surface area (Å²) in [6.45, 7) is 3.97. The van der Waals surface area contributed by atoms with Crippen molar-refractivity contribution in [3.8, 4) is 0 Å². The van der Waals surface area contributed by atoms with Gasteiger partial charge in [0.05, 0.1) is 23.9 Å². The summed E-state index contributed by atoms with van der Waals surface area (Å²) in [5.41, 5.74) is 0.933. The number of amides is 3. The van der Waals surface area contributed by atoms with Gasteiger partial charge in [-0.2, -0.15) is 0 Å². The summed E-state index contributed by atoms with van der Waals surface area (Å²) in [6, 6.07) is 4.72. The van der Waals surface area contributed by atoms with Gasteiger partial charge >= 0.3 is 6.03 Å². The molecule has 1 aromatic carbocycles. The first-order valence-corrected chi connectivity index (χ1v) is 8.96. The molecule has 2 fully saturated rings. The van der Waals surface area contributed by atoms with Gasteiger partial charge in [0.15, 0.2) is 0 Å². The molecule has 3 N–H and O–H groups in total. The van der Waals surface area contributed by atoms with E-state index < -0.39 is 0 Å². The van der Waals surface area contributed by atoms with Crippen molar-refractivity contribution in [2.24, 2.45) is 0 Å². The molecule has 136 valence electrons. The number of hydrogen-bond acceptors (Lipinski definition) is 4. The molecule has 0 spiro atoms. The quantitative estimate of drug-likeness (QED) is 0.760. The predicted octanol–water partition coefficient (Wildman–Crippen LogP) is 1.69. The maximum atomic E-state index is 12.6. The van der Waals surface area contributed by atoms with Crippen LogP contribution in [-0.2, 0) is 4.74 Å². The van der Waals surface area contributed by atoms with Gasteiger partial charge in [0, 0.05) is 31.2 Å². The van der Waals surface area contributed by atoms with Gasteiger partial charge in [-0.3, -0.25) is 4.79 Å². The third-order valence-electron chi connectivity index (χ3n) is 4.39. The van der Waals surface area contributed by atoms with Crippen LogP contribution in [0.3, 0.4) is 0 Å². The highest BCUT2D eigenvalue weighted by molar-refractivity contribution is 6.33. The molecular weight excluding hydrogens is 344 g/mol. The maximum Gasteiger partial charge on any atom is 0.319 e. The lowest BCUT2D eigenvalue weighted by Gasteiger charge is -2.27. The molecule has 3 amide bonds. The Kier molecular flexibility index (Phi) is 6.12. The second-order valence-electron chi connectivity index (χ2n) is 6.24. The summed E-state index contributed by atoms with van der Waals surface area (Å²) in [4.78, 5) is 26.5. The highest BCUT2D eigenvalue weighted by Crippen LogP contribution is 2.24. The monoisotopic (exact) mass is 366 g/mol. The largest absolute Gasteiger partial charge is 0.378 e. The Morgan fingerprint density at radius 1 is 1.28 bits per heavy atom. The lowest BCUT2D eigenvalue weighted by Crippen LogP contribution is -2.47. The molecule has 1 aromatic rings. The van der Waals surface area contributed by atoms with Crippen molar-refractivity contribution < 1.29 is 14.3 Å². The van der Waals surface area contributed by atoms with Gasteiger partial charge in [0.25, 0.3) is 5.91 Å². The average molecular weight is 367 g/mol. The number of morpholine rings is 1. The molecular formula is C17H23ClN4O3. The molecule has 8 heteroatoms. The van der Waals surface area contributed by atoms with Crippen LogP contribution in [0.25, 0.3) is 0 Å². The van der Waals surface area contributed by atoms with E-state index in [9.17, 15) is 9.59 Å². The Bertz CT molecular complexity index is 628. The van der Waals surface area contributed by atoms with E-state index in [1.165, 1.54) is 0 Å². The van der Waals surface area contributed by atoms with Gasteiger partial charge < -0.3 is 25.6 Å². The van der Waals surface area contributed by atoms with Crippen molar-refractivity contribution in [1.82, 2.24) is 15.5 Å². The van der Waals surface area contributed by atoms with E-state index in [1.54, 1.807) is 23.1 Å². The second kappa shape index (κ2) is 8.51. The van der Waals surface area contributed by atoms with Crippen LogP contribution in [0.2, 0.25) is 5.02 Å². The Morgan fingerprint density at radius 2 is 2.08 bits per heavy atom. The van der Waals surface area contributed by atoms with E-state index in [0.29, 0.717) is 42.6 Å². The van der Waals surface area contributed by atoms with Gasteiger partial charge in [-0.25, -0.2) is 4.79 Å². The normalized spacial score (nSPS) is 20.8. The van der Waals surface area contributed by atoms with Crippen LogP contribution in [0.15, 0.2) is 18.2 Å². The van der Waals surface area contributed by atoms with E-state index >= 15 is 0 Å². The molecule has 0 saturated carbocycles. The molecule has 0 aromatic heterocycles. The van der Waals surface area contributed by atoms with Crippen LogP contribution in [0, 0.1) is 0 Å². The third-order valence-corrected chi connectivity index (χ3v) is 4.72. The molecule has 2 saturated heterocycles. The van der Waals surface area contributed by atoms with Crippen LogP contribution in [0.4, 0.5) is 10.5 Å². The Balaban J connectivity index is 1.64. The van der Waals surface area contributed by atoms with Crippen LogP contribution < -0.4 is 16.0 Å². The lowest BCUT2D eigenvalue weighted by atomic mass is 10.1.